The zero-order chi connectivity index (χ0) is 15.6. The molecule has 0 aromatic heterocycles. The van der Waals surface area contributed by atoms with E-state index in [1.165, 1.54) is 12.1 Å². The molecule has 0 amide bonds. The van der Waals surface area contributed by atoms with Crippen molar-refractivity contribution in [3.63, 3.8) is 0 Å². The zero-order valence-electron chi connectivity index (χ0n) is 11.3. The van der Waals surface area contributed by atoms with E-state index in [1.807, 2.05) is 11.9 Å². The van der Waals surface area contributed by atoms with Crippen molar-refractivity contribution < 1.29 is 9.90 Å². The first kappa shape index (κ1) is 15.5. The van der Waals surface area contributed by atoms with E-state index in [-0.39, 0.29) is 5.56 Å². The van der Waals surface area contributed by atoms with Crippen LogP contribution in [0.1, 0.15) is 15.9 Å². The van der Waals surface area contributed by atoms with Crippen LogP contribution < -0.4 is 10.6 Å². The van der Waals surface area contributed by atoms with Gasteiger partial charge in [-0.1, -0.05) is 29.3 Å². The van der Waals surface area contributed by atoms with Crippen LogP contribution in [-0.4, -0.2) is 18.1 Å². The maximum Gasteiger partial charge on any atom is 0.335 e. The Kier molecular flexibility index (Phi) is 4.60. The third-order valence-electron chi connectivity index (χ3n) is 3.14. The second-order valence-electron chi connectivity index (χ2n) is 4.64. The molecule has 3 N–H and O–H groups in total. The second kappa shape index (κ2) is 6.24. The highest BCUT2D eigenvalue weighted by molar-refractivity contribution is 6.36. The SMILES string of the molecule is CN(Cc1c(Cl)cccc1Cl)c1ccc(C(=O)O)cc1N. The van der Waals surface area contributed by atoms with Crippen molar-refractivity contribution in [3.05, 3.63) is 57.6 Å². The van der Waals surface area contributed by atoms with Crippen LogP contribution in [0.25, 0.3) is 0 Å². The van der Waals surface area contributed by atoms with Gasteiger partial charge in [-0.3, -0.25) is 0 Å². The van der Waals surface area contributed by atoms with Gasteiger partial charge in [0.1, 0.15) is 0 Å². The van der Waals surface area contributed by atoms with E-state index >= 15 is 0 Å². The number of rotatable bonds is 4. The minimum Gasteiger partial charge on any atom is -0.478 e. The summed E-state index contributed by atoms with van der Waals surface area (Å²) in [5.41, 5.74) is 7.98. The first-order valence-electron chi connectivity index (χ1n) is 6.17. The fraction of sp³-hybridized carbons (Fsp3) is 0.133. The maximum absolute atomic E-state index is 10.9. The topological polar surface area (TPSA) is 66.6 Å². The number of halogens is 2. The van der Waals surface area contributed by atoms with Crippen molar-refractivity contribution in [3.8, 4) is 0 Å². The molecule has 21 heavy (non-hydrogen) atoms. The monoisotopic (exact) mass is 324 g/mol. The molecule has 110 valence electrons. The van der Waals surface area contributed by atoms with Gasteiger partial charge in [-0.25, -0.2) is 4.79 Å². The number of hydrogen-bond acceptors (Lipinski definition) is 3. The standard InChI is InChI=1S/C15H14Cl2N2O2/c1-19(8-10-11(16)3-2-4-12(10)17)14-6-5-9(15(20)21)7-13(14)18/h2-7H,8,18H2,1H3,(H,20,21). The highest BCUT2D eigenvalue weighted by atomic mass is 35.5. The summed E-state index contributed by atoms with van der Waals surface area (Å²) in [7, 11) is 1.84. The molecular formula is C15H14Cl2N2O2. The Morgan fingerprint density at radius 2 is 1.86 bits per heavy atom. The van der Waals surface area contributed by atoms with Crippen LogP contribution in [0.15, 0.2) is 36.4 Å². The summed E-state index contributed by atoms with van der Waals surface area (Å²) in [6.07, 6.45) is 0. The van der Waals surface area contributed by atoms with E-state index in [0.29, 0.717) is 22.3 Å². The lowest BCUT2D eigenvalue weighted by Gasteiger charge is -2.22. The summed E-state index contributed by atoms with van der Waals surface area (Å²) in [6, 6.07) is 9.94. The van der Waals surface area contributed by atoms with E-state index in [2.05, 4.69) is 0 Å². The van der Waals surface area contributed by atoms with Gasteiger partial charge >= 0.3 is 5.97 Å². The Hall–Kier alpha value is -1.91. The normalized spacial score (nSPS) is 10.4. The number of anilines is 2. The Bertz CT molecular complexity index is 669. The van der Waals surface area contributed by atoms with Crippen LogP contribution >= 0.6 is 23.2 Å². The highest BCUT2D eigenvalue weighted by Crippen LogP contribution is 2.29. The fourth-order valence-corrected chi connectivity index (χ4v) is 2.56. The smallest absolute Gasteiger partial charge is 0.335 e. The number of hydrogen-bond donors (Lipinski definition) is 2. The average molecular weight is 325 g/mol. The molecule has 0 saturated heterocycles. The summed E-state index contributed by atoms with van der Waals surface area (Å²) in [5, 5.41) is 10.1. The third-order valence-corrected chi connectivity index (χ3v) is 3.85. The molecule has 0 unspecified atom stereocenters. The lowest BCUT2D eigenvalue weighted by molar-refractivity contribution is 0.0697. The molecule has 2 rings (SSSR count). The molecule has 2 aromatic rings. The highest BCUT2D eigenvalue weighted by Gasteiger charge is 2.13. The molecule has 0 bridgehead atoms. The van der Waals surface area contributed by atoms with Gasteiger partial charge in [0.15, 0.2) is 0 Å². The van der Waals surface area contributed by atoms with E-state index in [0.717, 1.165) is 11.3 Å². The number of nitrogens with zero attached hydrogens (tertiary/aromatic N) is 1. The molecule has 0 atom stereocenters. The van der Waals surface area contributed by atoms with Gasteiger partial charge in [0.25, 0.3) is 0 Å². The lowest BCUT2D eigenvalue weighted by Crippen LogP contribution is -2.18. The van der Waals surface area contributed by atoms with Crippen LogP contribution in [-0.2, 0) is 6.54 Å². The second-order valence-corrected chi connectivity index (χ2v) is 5.45. The van der Waals surface area contributed by atoms with E-state index < -0.39 is 5.97 Å². The predicted octanol–water partition coefficient (Wildman–Crippen LogP) is 3.91. The maximum atomic E-state index is 10.9. The molecule has 0 radical (unpaired) electrons. The number of carboxylic acid groups (broad SMARTS) is 1. The van der Waals surface area contributed by atoms with Crippen molar-refractivity contribution in [1.29, 1.82) is 0 Å². The minimum atomic E-state index is -1.01. The molecule has 0 aliphatic heterocycles. The summed E-state index contributed by atoms with van der Waals surface area (Å²) < 4.78 is 0. The molecule has 0 aliphatic carbocycles. The lowest BCUT2D eigenvalue weighted by atomic mass is 10.1. The average Bonchev–Trinajstić information content (AvgIpc) is 2.42. The van der Waals surface area contributed by atoms with Crippen molar-refractivity contribution in [1.82, 2.24) is 0 Å². The number of benzene rings is 2. The van der Waals surface area contributed by atoms with Crippen molar-refractivity contribution in [2.75, 3.05) is 17.7 Å². The quantitative estimate of drug-likeness (QED) is 0.837. The van der Waals surface area contributed by atoms with Crippen LogP contribution in [0.2, 0.25) is 10.0 Å². The summed E-state index contributed by atoms with van der Waals surface area (Å²) in [4.78, 5) is 12.8. The molecular weight excluding hydrogens is 311 g/mol. The first-order chi connectivity index (χ1) is 9.90. The van der Waals surface area contributed by atoms with Gasteiger partial charge in [-0.15, -0.1) is 0 Å². The molecule has 0 saturated carbocycles. The largest absolute Gasteiger partial charge is 0.478 e. The molecule has 0 spiro atoms. The predicted molar refractivity (Wildman–Crippen MR) is 86.4 cm³/mol. The van der Waals surface area contributed by atoms with Gasteiger partial charge in [-0.05, 0) is 30.3 Å². The van der Waals surface area contributed by atoms with E-state index in [9.17, 15) is 4.79 Å². The Morgan fingerprint density at radius 3 is 2.38 bits per heavy atom. The third kappa shape index (κ3) is 3.40. The minimum absolute atomic E-state index is 0.153. The molecule has 6 heteroatoms. The van der Waals surface area contributed by atoms with Gasteiger partial charge in [0, 0.05) is 29.2 Å². The number of carboxylic acids is 1. The van der Waals surface area contributed by atoms with Crippen LogP contribution in [0, 0.1) is 0 Å². The van der Waals surface area contributed by atoms with Gasteiger partial charge in [-0.2, -0.15) is 0 Å². The van der Waals surface area contributed by atoms with Gasteiger partial charge in [0.05, 0.1) is 16.9 Å². The molecule has 0 aliphatic rings. The number of carbonyl (C=O) groups is 1. The van der Waals surface area contributed by atoms with Crippen molar-refractivity contribution in [2.24, 2.45) is 0 Å². The molecule has 0 fully saturated rings. The molecule has 0 heterocycles. The van der Waals surface area contributed by atoms with Crippen LogP contribution in [0.3, 0.4) is 0 Å². The molecule has 4 nitrogen and oxygen atoms in total. The Balaban J connectivity index is 2.29. The number of aromatic carboxylic acids is 1. The number of nitrogens with two attached hydrogens (primary N) is 1. The summed E-state index contributed by atoms with van der Waals surface area (Å²) in [5.74, 6) is -1.01. The van der Waals surface area contributed by atoms with Crippen LogP contribution in [0.5, 0.6) is 0 Å². The zero-order valence-corrected chi connectivity index (χ0v) is 12.8. The van der Waals surface area contributed by atoms with Gasteiger partial charge in [0.2, 0.25) is 0 Å². The Labute approximate surface area is 132 Å². The summed E-state index contributed by atoms with van der Waals surface area (Å²) >= 11 is 12.3. The summed E-state index contributed by atoms with van der Waals surface area (Å²) in [6.45, 7) is 0.467. The van der Waals surface area contributed by atoms with Gasteiger partial charge < -0.3 is 15.7 Å². The van der Waals surface area contributed by atoms with Crippen LogP contribution in [0.4, 0.5) is 11.4 Å². The first-order valence-corrected chi connectivity index (χ1v) is 6.92. The van der Waals surface area contributed by atoms with E-state index in [4.69, 9.17) is 34.0 Å². The molecule has 2 aromatic carbocycles. The Morgan fingerprint density at radius 1 is 1.24 bits per heavy atom. The van der Waals surface area contributed by atoms with E-state index in [1.54, 1.807) is 24.3 Å². The number of nitrogen functional groups attached to an aromatic ring is 1. The van der Waals surface area contributed by atoms with Crippen molar-refractivity contribution in [2.45, 2.75) is 6.54 Å². The fourth-order valence-electron chi connectivity index (χ4n) is 2.04. The van der Waals surface area contributed by atoms with Crippen molar-refractivity contribution >= 4 is 40.5 Å².